The Kier molecular flexibility index (Phi) is 7.43. The molecule has 0 bridgehead atoms. The van der Waals surface area contributed by atoms with Gasteiger partial charge in [-0.1, -0.05) is 12.8 Å². The number of hydrogen-bond donors (Lipinski definition) is 0. The third-order valence-corrected chi connectivity index (χ3v) is 3.93. The first kappa shape index (κ1) is 19.4. The second-order valence-corrected chi connectivity index (χ2v) is 5.87. The molecule has 5 nitrogen and oxygen atoms in total. The van der Waals surface area contributed by atoms with Crippen molar-refractivity contribution >= 4 is 5.97 Å². The first-order chi connectivity index (χ1) is 12.1. The van der Waals surface area contributed by atoms with Gasteiger partial charge in [-0.2, -0.15) is 8.78 Å². The van der Waals surface area contributed by atoms with E-state index in [1.54, 1.807) is 19.1 Å². The molecule has 0 N–H and O–H groups in total. The van der Waals surface area contributed by atoms with Crippen LogP contribution in [-0.2, 0) is 14.3 Å². The lowest BCUT2D eigenvalue weighted by molar-refractivity contribution is -0.149. The van der Waals surface area contributed by atoms with Crippen LogP contribution in [0.1, 0.15) is 39.0 Å². The van der Waals surface area contributed by atoms with Crippen LogP contribution >= 0.6 is 0 Å². The second kappa shape index (κ2) is 9.56. The van der Waals surface area contributed by atoms with Crippen molar-refractivity contribution in [3.63, 3.8) is 0 Å². The monoisotopic (exact) mass is 358 g/mol. The highest BCUT2D eigenvalue weighted by Crippen LogP contribution is 2.34. The molecular weight excluding hydrogens is 334 g/mol. The van der Waals surface area contributed by atoms with Crippen LogP contribution < -0.4 is 9.47 Å². The molecule has 1 heterocycles. The van der Waals surface area contributed by atoms with E-state index in [-0.39, 0.29) is 11.7 Å². The number of carbonyl (C=O) groups is 1. The molecule has 7 heteroatoms. The van der Waals surface area contributed by atoms with Crippen LogP contribution in [0.5, 0.6) is 11.5 Å². The molecule has 2 rings (SSSR count). The van der Waals surface area contributed by atoms with Gasteiger partial charge in [-0.25, -0.2) is 4.79 Å². The number of esters is 1. The summed E-state index contributed by atoms with van der Waals surface area (Å²) in [5, 5.41) is 0. The Morgan fingerprint density at radius 1 is 1.16 bits per heavy atom. The number of rotatable bonds is 12. The van der Waals surface area contributed by atoms with Crippen molar-refractivity contribution in [3.05, 3.63) is 24.3 Å². The van der Waals surface area contributed by atoms with Crippen LogP contribution in [0.25, 0.3) is 0 Å². The van der Waals surface area contributed by atoms with Crippen molar-refractivity contribution < 1.29 is 32.5 Å². The lowest BCUT2D eigenvalue weighted by atomic mass is 10.0. The fourth-order valence-electron chi connectivity index (χ4n) is 2.49. The van der Waals surface area contributed by atoms with Crippen molar-refractivity contribution in [2.75, 3.05) is 19.8 Å². The van der Waals surface area contributed by atoms with E-state index in [0.29, 0.717) is 32.0 Å². The van der Waals surface area contributed by atoms with E-state index in [0.717, 1.165) is 25.7 Å². The first-order valence-electron chi connectivity index (χ1n) is 8.54. The van der Waals surface area contributed by atoms with Crippen molar-refractivity contribution in [1.29, 1.82) is 0 Å². The molecule has 1 aliphatic rings. The van der Waals surface area contributed by atoms with Gasteiger partial charge in [0.15, 0.2) is 5.60 Å². The smallest absolute Gasteiger partial charge is 0.387 e. The minimum atomic E-state index is -2.82. The third-order valence-electron chi connectivity index (χ3n) is 3.93. The Balaban J connectivity index is 1.53. The van der Waals surface area contributed by atoms with Crippen LogP contribution in [0.15, 0.2) is 24.3 Å². The van der Waals surface area contributed by atoms with Crippen LogP contribution in [-0.4, -0.2) is 38.0 Å². The van der Waals surface area contributed by atoms with E-state index in [4.69, 9.17) is 14.2 Å². The fourth-order valence-corrected chi connectivity index (χ4v) is 2.49. The molecule has 25 heavy (non-hydrogen) atoms. The zero-order valence-corrected chi connectivity index (χ0v) is 14.3. The van der Waals surface area contributed by atoms with Crippen LogP contribution in [0.4, 0.5) is 8.78 Å². The summed E-state index contributed by atoms with van der Waals surface area (Å²) in [6.45, 7) is 0.342. The van der Waals surface area contributed by atoms with Crippen LogP contribution in [0, 0.1) is 0 Å². The maximum atomic E-state index is 12.0. The van der Waals surface area contributed by atoms with Crippen molar-refractivity contribution in [1.82, 2.24) is 0 Å². The summed E-state index contributed by atoms with van der Waals surface area (Å²) in [4.78, 5) is 11.7. The van der Waals surface area contributed by atoms with E-state index in [1.165, 1.54) is 12.1 Å². The molecule has 0 saturated carbocycles. The SMILES string of the molecule is CCOC(=O)C1(CCCCCCOc2ccc(OC(F)F)cc2)CO1. The van der Waals surface area contributed by atoms with Gasteiger partial charge < -0.3 is 18.9 Å². The topological polar surface area (TPSA) is 57.3 Å². The quantitative estimate of drug-likeness (QED) is 0.322. The molecule has 1 aromatic rings. The number of hydrogen-bond acceptors (Lipinski definition) is 5. The van der Waals surface area contributed by atoms with E-state index in [9.17, 15) is 13.6 Å². The molecule has 1 saturated heterocycles. The van der Waals surface area contributed by atoms with E-state index >= 15 is 0 Å². The molecule has 0 aliphatic carbocycles. The van der Waals surface area contributed by atoms with Crippen LogP contribution in [0.3, 0.4) is 0 Å². The van der Waals surface area contributed by atoms with Gasteiger partial charge in [0, 0.05) is 0 Å². The molecule has 140 valence electrons. The van der Waals surface area contributed by atoms with E-state index in [1.807, 2.05) is 0 Å². The van der Waals surface area contributed by atoms with Crippen LogP contribution in [0.2, 0.25) is 0 Å². The molecule has 0 radical (unpaired) electrons. The molecule has 1 fully saturated rings. The molecule has 1 unspecified atom stereocenters. The minimum Gasteiger partial charge on any atom is -0.494 e. The largest absolute Gasteiger partial charge is 0.494 e. The maximum Gasteiger partial charge on any atom is 0.387 e. The number of halogens is 2. The minimum absolute atomic E-state index is 0.111. The lowest BCUT2D eigenvalue weighted by Gasteiger charge is -2.10. The number of carbonyl (C=O) groups excluding carboxylic acids is 1. The molecule has 0 spiro atoms. The van der Waals surface area contributed by atoms with Gasteiger partial charge in [0.25, 0.3) is 0 Å². The Hall–Kier alpha value is -1.89. The van der Waals surface area contributed by atoms with E-state index in [2.05, 4.69) is 4.74 Å². The third kappa shape index (κ3) is 6.49. The Labute approximate surface area is 146 Å². The second-order valence-electron chi connectivity index (χ2n) is 5.87. The maximum absolute atomic E-state index is 12.0. The van der Waals surface area contributed by atoms with E-state index < -0.39 is 12.2 Å². The molecule has 1 aliphatic heterocycles. The summed E-state index contributed by atoms with van der Waals surface area (Å²) in [6, 6.07) is 6.11. The predicted molar refractivity (Wildman–Crippen MR) is 87.0 cm³/mol. The zero-order valence-electron chi connectivity index (χ0n) is 14.3. The number of unbranched alkanes of at least 4 members (excludes halogenated alkanes) is 3. The summed E-state index contributed by atoms with van der Waals surface area (Å²) in [5.41, 5.74) is -0.686. The number of epoxide rings is 1. The predicted octanol–water partition coefficient (Wildman–Crippen LogP) is 3.95. The molecular formula is C18H24F2O5. The highest BCUT2D eigenvalue weighted by atomic mass is 19.3. The lowest BCUT2D eigenvalue weighted by Crippen LogP contribution is -2.27. The Morgan fingerprint density at radius 3 is 2.40 bits per heavy atom. The van der Waals surface area contributed by atoms with Gasteiger partial charge >= 0.3 is 12.6 Å². The molecule has 0 amide bonds. The van der Waals surface area contributed by atoms with Crippen molar-refractivity contribution in [2.45, 2.75) is 51.2 Å². The van der Waals surface area contributed by atoms with Gasteiger partial charge in [0.2, 0.25) is 0 Å². The van der Waals surface area contributed by atoms with Crippen molar-refractivity contribution in [3.8, 4) is 11.5 Å². The highest BCUT2D eigenvalue weighted by molar-refractivity contribution is 5.82. The standard InChI is InChI=1S/C18H24F2O5/c1-2-22-16(21)18(13-24-18)11-5-3-4-6-12-23-14-7-9-15(10-8-14)25-17(19)20/h7-10,17H,2-6,11-13H2,1H3. The number of benzene rings is 1. The summed E-state index contributed by atoms with van der Waals surface area (Å²) in [6.07, 6.45) is 4.43. The Morgan fingerprint density at radius 2 is 1.80 bits per heavy atom. The molecule has 1 atom stereocenters. The fraction of sp³-hybridized carbons (Fsp3) is 0.611. The Bertz CT molecular complexity index is 529. The molecule has 1 aromatic carbocycles. The summed E-state index contributed by atoms with van der Waals surface area (Å²) >= 11 is 0. The van der Waals surface area contributed by atoms with Crippen molar-refractivity contribution in [2.24, 2.45) is 0 Å². The summed E-state index contributed by atoms with van der Waals surface area (Å²) < 4.78 is 44.2. The number of alkyl halides is 2. The average Bonchev–Trinajstić information content (AvgIpc) is 3.36. The molecule has 0 aromatic heterocycles. The van der Waals surface area contributed by atoms with Gasteiger partial charge in [0.1, 0.15) is 11.5 Å². The number of ether oxygens (including phenoxy) is 4. The summed E-state index contributed by atoms with van der Waals surface area (Å²) in [7, 11) is 0. The normalized spacial score (nSPS) is 18.9. The van der Waals surface area contributed by atoms with Gasteiger partial charge in [-0.15, -0.1) is 0 Å². The highest BCUT2D eigenvalue weighted by Gasteiger charge is 2.52. The van der Waals surface area contributed by atoms with Gasteiger partial charge in [0.05, 0.1) is 19.8 Å². The van der Waals surface area contributed by atoms with Gasteiger partial charge in [-0.05, 0) is 50.5 Å². The summed E-state index contributed by atoms with van der Waals surface area (Å²) in [5.74, 6) is 0.479. The first-order valence-corrected chi connectivity index (χ1v) is 8.54. The average molecular weight is 358 g/mol. The van der Waals surface area contributed by atoms with Gasteiger partial charge in [-0.3, -0.25) is 0 Å². The zero-order chi connectivity index (χ0) is 18.1.